The summed E-state index contributed by atoms with van der Waals surface area (Å²) in [5.74, 6) is 0. The third-order valence-corrected chi connectivity index (χ3v) is 6.38. The number of halogens is 1. The van der Waals surface area contributed by atoms with E-state index in [-0.39, 0.29) is 6.04 Å². The predicted octanol–water partition coefficient (Wildman–Crippen LogP) is 3.29. The zero-order valence-corrected chi connectivity index (χ0v) is 12.8. The summed E-state index contributed by atoms with van der Waals surface area (Å²) in [6, 6.07) is 1.67. The van der Waals surface area contributed by atoms with E-state index in [1.54, 1.807) is 6.07 Å². The number of sulfonamides is 1. The third-order valence-electron chi connectivity index (χ3n) is 2.18. The number of hydrogen-bond donors (Lipinski definition) is 1. The summed E-state index contributed by atoms with van der Waals surface area (Å²) in [4.78, 5) is 0. The van der Waals surface area contributed by atoms with Crippen molar-refractivity contribution in [2.24, 2.45) is 0 Å². The van der Waals surface area contributed by atoms with Crippen LogP contribution in [0.5, 0.6) is 0 Å². The average molecular weight is 326 g/mol. The highest BCUT2D eigenvalue weighted by Crippen LogP contribution is 2.30. The van der Waals surface area contributed by atoms with Crippen molar-refractivity contribution >= 4 is 37.3 Å². The van der Waals surface area contributed by atoms with Gasteiger partial charge in [0.25, 0.3) is 0 Å². The third kappa shape index (κ3) is 3.55. The van der Waals surface area contributed by atoms with Crippen molar-refractivity contribution in [1.29, 1.82) is 0 Å². The molecule has 1 rings (SSSR count). The topological polar surface area (TPSA) is 46.2 Å². The van der Waals surface area contributed by atoms with E-state index in [0.717, 1.165) is 22.2 Å². The van der Waals surface area contributed by atoms with Gasteiger partial charge in [0, 0.05) is 6.04 Å². The van der Waals surface area contributed by atoms with Gasteiger partial charge in [-0.2, -0.15) is 0 Å². The summed E-state index contributed by atoms with van der Waals surface area (Å²) in [5.41, 5.74) is 0.952. The number of rotatable bonds is 5. The molecule has 0 bridgehead atoms. The molecule has 1 N–H and O–H groups in total. The Hall–Kier alpha value is 0.0900. The molecule has 6 heteroatoms. The summed E-state index contributed by atoms with van der Waals surface area (Å²) in [7, 11) is -3.34. The summed E-state index contributed by atoms with van der Waals surface area (Å²) in [5, 5.41) is 0. The molecule has 0 radical (unpaired) electrons. The molecule has 0 aliphatic carbocycles. The highest BCUT2D eigenvalue weighted by molar-refractivity contribution is 9.11. The van der Waals surface area contributed by atoms with Crippen LogP contribution in [0.2, 0.25) is 0 Å². The van der Waals surface area contributed by atoms with Gasteiger partial charge >= 0.3 is 0 Å². The molecule has 0 fully saturated rings. The minimum Gasteiger partial charge on any atom is -0.208 e. The van der Waals surface area contributed by atoms with Crippen LogP contribution >= 0.6 is 27.3 Å². The number of hydrogen-bond acceptors (Lipinski definition) is 3. The minimum absolute atomic E-state index is 0.0174. The highest BCUT2D eigenvalue weighted by atomic mass is 79.9. The second-order valence-electron chi connectivity index (χ2n) is 3.83. The first-order chi connectivity index (χ1) is 7.36. The Kier molecular flexibility index (Phi) is 4.97. The van der Waals surface area contributed by atoms with Crippen LogP contribution in [0.3, 0.4) is 0 Å². The first-order valence-electron chi connectivity index (χ1n) is 5.15. The molecule has 0 saturated carbocycles. The molecular formula is C10H16BrNO2S2. The summed E-state index contributed by atoms with van der Waals surface area (Å²) in [6.07, 6.45) is 1.82. The van der Waals surface area contributed by atoms with Crippen LogP contribution in [0, 0.1) is 6.92 Å². The summed E-state index contributed by atoms with van der Waals surface area (Å²) >= 11 is 4.58. The molecule has 0 amide bonds. The van der Waals surface area contributed by atoms with Gasteiger partial charge in [0.2, 0.25) is 10.0 Å². The monoisotopic (exact) mass is 325 g/mol. The average Bonchev–Trinajstić information content (AvgIpc) is 2.47. The van der Waals surface area contributed by atoms with E-state index in [1.807, 2.05) is 20.8 Å². The van der Waals surface area contributed by atoms with Gasteiger partial charge in [-0.1, -0.05) is 13.3 Å². The van der Waals surface area contributed by atoms with E-state index in [2.05, 4.69) is 20.7 Å². The lowest BCUT2D eigenvalue weighted by molar-refractivity contribution is 0.545. The Morgan fingerprint density at radius 2 is 2.19 bits per heavy atom. The van der Waals surface area contributed by atoms with E-state index in [9.17, 15) is 8.42 Å². The number of nitrogens with one attached hydrogen (secondary N) is 1. The van der Waals surface area contributed by atoms with Crippen molar-refractivity contribution < 1.29 is 8.42 Å². The van der Waals surface area contributed by atoms with Crippen molar-refractivity contribution in [3.05, 3.63) is 15.4 Å². The Morgan fingerprint density at radius 3 is 2.62 bits per heavy atom. The SMILES string of the molecule is CCCC(C)NS(=O)(=O)c1cc(C)c(Br)s1. The smallest absolute Gasteiger partial charge is 0.208 e. The van der Waals surface area contributed by atoms with E-state index < -0.39 is 10.0 Å². The van der Waals surface area contributed by atoms with Gasteiger partial charge in [0.1, 0.15) is 4.21 Å². The molecule has 0 spiro atoms. The fraction of sp³-hybridized carbons (Fsp3) is 0.600. The van der Waals surface area contributed by atoms with Crippen LogP contribution in [-0.2, 0) is 10.0 Å². The van der Waals surface area contributed by atoms with Crippen LogP contribution in [0.4, 0.5) is 0 Å². The predicted molar refractivity (Wildman–Crippen MR) is 71.4 cm³/mol. The van der Waals surface area contributed by atoms with Crippen LogP contribution in [0.1, 0.15) is 32.3 Å². The van der Waals surface area contributed by atoms with Crippen LogP contribution in [-0.4, -0.2) is 14.5 Å². The Labute approximate surface area is 109 Å². The number of thiophene rings is 1. The lowest BCUT2D eigenvalue weighted by Crippen LogP contribution is -2.31. The second kappa shape index (κ2) is 5.62. The second-order valence-corrected chi connectivity index (χ2v) is 8.14. The zero-order chi connectivity index (χ0) is 12.3. The Balaban J connectivity index is 2.86. The lowest BCUT2D eigenvalue weighted by atomic mass is 10.2. The fourth-order valence-corrected chi connectivity index (χ4v) is 4.90. The van der Waals surface area contributed by atoms with Gasteiger partial charge in [-0.3, -0.25) is 0 Å². The van der Waals surface area contributed by atoms with Crippen molar-refractivity contribution in [2.75, 3.05) is 0 Å². The quantitative estimate of drug-likeness (QED) is 0.902. The van der Waals surface area contributed by atoms with Gasteiger partial charge in [0.15, 0.2) is 0 Å². The summed E-state index contributed by atoms with van der Waals surface area (Å²) in [6.45, 7) is 5.81. The van der Waals surface area contributed by atoms with Gasteiger partial charge in [0.05, 0.1) is 3.79 Å². The molecule has 0 aliphatic rings. The van der Waals surface area contributed by atoms with Crippen molar-refractivity contribution in [3.8, 4) is 0 Å². The maximum atomic E-state index is 12.0. The molecule has 1 aromatic heterocycles. The molecule has 3 nitrogen and oxygen atoms in total. The molecule has 92 valence electrons. The van der Waals surface area contributed by atoms with E-state index >= 15 is 0 Å². The van der Waals surface area contributed by atoms with Crippen LogP contribution < -0.4 is 4.72 Å². The maximum Gasteiger partial charge on any atom is 0.250 e. The highest BCUT2D eigenvalue weighted by Gasteiger charge is 2.20. The number of aryl methyl sites for hydroxylation is 1. The molecule has 0 aliphatic heterocycles. The molecule has 0 aromatic carbocycles. The molecule has 1 aromatic rings. The molecular weight excluding hydrogens is 310 g/mol. The van der Waals surface area contributed by atoms with E-state index in [1.165, 1.54) is 11.3 Å². The zero-order valence-electron chi connectivity index (χ0n) is 9.58. The molecule has 0 saturated heterocycles. The first kappa shape index (κ1) is 14.2. The molecule has 1 heterocycles. The van der Waals surface area contributed by atoms with Crippen molar-refractivity contribution in [1.82, 2.24) is 4.72 Å². The molecule has 1 atom stereocenters. The molecule has 1 unspecified atom stereocenters. The lowest BCUT2D eigenvalue weighted by Gasteiger charge is -2.11. The Bertz CT molecular complexity index is 434. The van der Waals surface area contributed by atoms with E-state index in [0.29, 0.717) is 4.21 Å². The Morgan fingerprint density at radius 1 is 1.56 bits per heavy atom. The van der Waals surface area contributed by atoms with Gasteiger partial charge in [-0.05, 0) is 47.8 Å². The van der Waals surface area contributed by atoms with E-state index in [4.69, 9.17) is 0 Å². The van der Waals surface area contributed by atoms with Gasteiger partial charge < -0.3 is 0 Å². The summed E-state index contributed by atoms with van der Waals surface area (Å²) < 4.78 is 27.8. The standard InChI is InChI=1S/C10H16BrNO2S2/c1-4-5-8(3)12-16(13,14)9-6-7(2)10(11)15-9/h6,8,12H,4-5H2,1-3H3. The first-order valence-corrected chi connectivity index (χ1v) is 8.24. The van der Waals surface area contributed by atoms with Gasteiger partial charge in [-0.25, -0.2) is 13.1 Å². The van der Waals surface area contributed by atoms with Crippen LogP contribution in [0.15, 0.2) is 14.1 Å². The normalized spacial score (nSPS) is 14.0. The van der Waals surface area contributed by atoms with Crippen LogP contribution in [0.25, 0.3) is 0 Å². The minimum atomic E-state index is -3.34. The van der Waals surface area contributed by atoms with Crippen molar-refractivity contribution in [2.45, 2.75) is 43.9 Å². The largest absolute Gasteiger partial charge is 0.250 e. The van der Waals surface area contributed by atoms with Gasteiger partial charge in [-0.15, -0.1) is 11.3 Å². The van der Waals surface area contributed by atoms with Crippen molar-refractivity contribution in [3.63, 3.8) is 0 Å². The maximum absolute atomic E-state index is 12.0. The molecule has 16 heavy (non-hydrogen) atoms. The fourth-order valence-electron chi connectivity index (χ4n) is 1.38.